The minimum Gasteiger partial charge on any atom is -0.485 e. The second-order valence-electron chi connectivity index (χ2n) is 6.54. The van der Waals surface area contributed by atoms with Gasteiger partial charge in [0.05, 0.1) is 0 Å². The summed E-state index contributed by atoms with van der Waals surface area (Å²) in [4.78, 5) is 14.7. The van der Waals surface area contributed by atoms with Crippen molar-refractivity contribution in [3.63, 3.8) is 0 Å². The van der Waals surface area contributed by atoms with Gasteiger partial charge in [0.15, 0.2) is 17.3 Å². The van der Waals surface area contributed by atoms with Gasteiger partial charge in [0.2, 0.25) is 6.10 Å². The van der Waals surface area contributed by atoms with Crippen molar-refractivity contribution < 1.29 is 14.3 Å². The van der Waals surface area contributed by atoms with Gasteiger partial charge in [0, 0.05) is 30.9 Å². The van der Waals surface area contributed by atoms with Gasteiger partial charge in [-0.3, -0.25) is 9.89 Å². The number of hydrogen-bond acceptors (Lipinski definition) is 5. The molecule has 1 aromatic carbocycles. The number of nitrogens with zero attached hydrogens (tertiary/aromatic N) is 2. The Hall–Kier alpha value is -2.70. The monoisotopic (exact) mass is 342 g/mol. The molecule has 25 heavy (non-hydrogen) atoms. The first kappa shape index (κ1) is 15.8. The zero-order chi connectivity index (χ0) is 17.2. The molecule has 0 unspecified atom stereocenters. The number of aromatic amines is 1. The summed E-state index contributed by atoms with van der Waals surface area (Å²) >= 11 is 0. The fourth-order valence-electron chi connectivity index (χ4n) is 3.26. The van der Waals surface area contributed by atoms with Crippen molar-refractivity contribution in [2.45, 2.75) is 31.9 Å². The maximum atomic E-state index is 12.5. The molecule has 2 aliphatic heterocycles. The number of anilines is 1. The molecule has 0 aliphatic carbocycles. The summed E-state index contributed by atoms with van der Waals surface area (Å²) in [5.74, 6) is 2.18. The first-order valence-electron chi connectivity index (χ1n) is 8.65. The molecule has 0 spiro atoms. The SMILES string of the molecule is Cc1cc(N2CCC(NC(=O)[C@@H]3COc4ccccc4O3)CC2)n[nH]1. The lowest BCUT2D eigenvalue weighted by Crippen LogP contribution is -2.51. The molecule has 3 heterocycles. The summed E-state index contributed by atoms with van der Waals surface area (Å²) in [7, 11) is 0. The van der Waals surface area contributed by atoms with Crippen LogP contribution in [0, 0.1) is 6.92 Å². The van der Waals surface area contributed by atoms with Crippen LogP contribution < -0.4 is 19.7 Å². The van der Waals surface area contributed by atoms with Gasteiger partial charge in [0.1, 0.15) is 6.61 Å². The van der Waals surface area contributed by atoms with Gasteiger partial charge in [-0.25, -0.2) is 0 Å². The molecule has 7 nitrogen and oxygen atoms in total. The standard InChI is InChI=1S/C18H22N4O3/c1-12-10-17(21-20-12)22-8-6-13(7-9-22)19-18(23)16-11-24-14-4-2-3-5-15(14)25-16/h2-5,10,13,16H,6-9,11H2,1H3,(H,19,23)(H,20,21)/t16-/m0/s1. The first-order valence-corrected chi connectivity index (χ1v) is 8.65. The highest BCUT2D eigenvalue weighted by Gasteiger charge is 2.30. The Kier molecular flexibility index (Phi) is 4.21. The summed E-state index contributed by atoms with van der Waals surface area (Å²) in [5.41, 5.74) is 1.06. The lowest BCUT2D eigenvalue weighted by atomic mass is 10.0. The number of piperidine rings is 1. The van der Waals surface area contributed by atoms with Crippen molar-refractivity contribution in [3.05, 3.63) is 36.0 Å². The highest BCUT2D eigenvalue weighted by atomic mass is 16.6. The Morgan fingerprint density at radius 1 is 1.28 bits per heavy atom. The zero-order valence-electron chi connectivity index (χ0n) is 14.2. The van der Waals surface area contributed by atoms with Crippen LogP contribution in [0.2, 0.25) is 0 Å². The van der Waals surface area contributed by atoms with E-state index in [-0.39, 0.29) is 18.6 Å². The van der Waals surface area contributed by atoms with Crippen LogP contribution >= 0.6 is 0 Å². The molecule has 0 radical (unpaired) electrons. The van der Waals surface area contributed by atoms with Gasteiger partial charge in [0.25, 0.3) is 5.91 Å². The van der Waals surface area contributed by atoms with Crippen LogP contribution in [0.25, 0.3) is 0 Å². The number of fused-ring (bicyclic) bond motifs is 1. The fourth-order valence-corrected chi connectivity index (χ4v) is 3.26. The van der Waals surface area contributed by atoms with Crippen LogP contribution in [-0.4, -0.2) is 47.9 Å². The van der Waals surface area contributed by atoms with Crippen LogP contribution in [0.5, 0.6) is 11.5 Å². The number of ether oxygens (including phenoxy) is 2. The lowest BCUT2D eigenvalue weighted by molar-refractivity contribution is -0.131. The number of hydrogen-bond donors (Lipinski definition) is 2. The molecule has 1 saturated heterocycles. The molecule has 7 heteroatoms. The predicted molar refractivity (Wildman–Crippen MR) is 93.1 cm³/mol. The van der Waals surface area contributed by atoms with E-state index in [9.17, 15) is 4.79 Å². The highest BCUT2D eigenvalue weighted by Crippen LogP contribution is 2.31. The average Bonchev–Trinajstić information content (AvgIpc) is 3.08. The molecule has 4 rings (SSSR count). The third kappa shape index (κ3) is 3.40. The van der Waals surface area contributed by atoms with E-state index in [1.54, 1.807) is 0 Å². The Bertz CT molecular complexity index is 752. The molecule has 0 bridgehead atoms. The quantitative estimate of drug-likeness (QED) is 0.886. The number of aromatic nitrogens is 2. The number of rotatable bonds is 3. The third-order valence-corrected chi connectivity index (χ3v) is 4.66. The number of H-pyrrole nitrogens is 1. The number of amides is 1. The van der Waals surface area contributed by atoms with Crippen molar-refractivity contribution in [2.24, 2.45) is 0 Å². The van der Waals surface area contributed by atoms with E-state index in [1.807, 2.05) is 37.3 Å². The van der Waals surface area contributed by atoms with Crippen molar-refractivity contribution in [1.82, 2.24) is 15.5 Å². The van der Waals surface area contributed by atoms with E-state index in [0.717, 1.165) is 37.4 Å². The lowest BCUT2D eigenvalue weighted by Gasteiger charge is -2.33. The molecule has 132 valence electrons. The largest absolute Gasteiger partial charge is 0.485 e. The summed E-state index contributed by atoms with van der Waals surface area (Å²) in [5, 5.41) is 10.4. The molecule has 2 aliphatic rings. The Morgan fingerprint density at radius 3 is 2.76 bits per heavy atom. The Morgan fingerprint density at radius 2 is 2.04 bits per heavy atom. The van der Waals surface area contributed by atoms with E-state index in [2.05, 4.69) is 20.4 Å². The third-order valence-electron chi connectivity index (χ3n) is 4.66. The van der Waals surface area contributed by atoms with Gasteiger partial charge in [-0.05, 0) is 31.9 Å². The number of carbonyl (C=O) groups excluding carboxylic acids is 1. The number of nitrogens with one attached hydrogen (secondary N) is 2. The molecule has 2 N–H and O–H groups in total. The van der Waals surface area contributed by atoms with Crippen molar-refractivity contribution >= 4 is 11.7 Å². The summed E-state index contributed by atoms with van der Waals surface area (Å²) < 4.78 is 11.4. The number of benzene rings is 1. The maximum Gasteiger partial charge on any atom is 0.264 e. The normalized spacial score (nSPS) is 20.4. The number of para-hydroxylation sites is 2. The molecular formula is C18H22N4O3. The molecule has 1 fully saturated rings. The van der Waals surface area contributed by atoms with Gasteiger partial charge in [-0.2, -0.15) is 5.10 Å². The van der Waals surface area contributed by atoms with Gasteiger partial charge in [-0.1, -0.05) is 12.1 Å². The highest BCUT2D eigenvalue weighted by molar-refractivity contribution is 5.82. The van der Waals surface area contributed by atoms with E-state index in [4.69, 9.17) is 9.47 Å². The van der Waals surface area contributed by atoms with Crippen LogP contribution in [0.3, 0.4) is 0 Å². The molecule has 1 atom stereocenters. The molecular weight excluding hydrogens is 320 g/mol. The van der Waals surface area contributed by atoms with Crippen molar-refractivity contribution in [2.75, 3.05) is 24.6 Å². The van der Waals surface area contributed by atoms with E-state index < -0.39 is 6.10 Å². The van der Waals surface area contributed by atoms with Crippen LogP contribution in [0.15, 0.2) is 30.3 Å². The second kappa shape index (κ2) is 6.66. The topological polar surface area (TPSA) is 79.5 Å². The second-order valence-corrected chi connectivity index (χ2v) is 6.54. The minimum atomic E-state index is -0.595. The fraction of sp³-hybridized carbons (Fsp3) is 0.444. The Balaban J connectivity index is 1.29. The van der Waals surface area contributed by atoms with Crippen LogP contribution in [0.4, 0.5) is 5.82 Å². The zero-order valence-corrected chi connectivity index (χ0v) is 14.2. The summed E-state index contributed by atoms with van der Waals surface area (Å²) in [6.45, 7) is 3.99. The molecule has 1 amide bonds. The van der Waals surface area contributed by atoms with Gasteiger partial charge in [-0.15, -0.1) is 0 Å². The van der Waals surface area contributed by atoms with E-state index in [0.29, 0.717) is 11.5 Å². The minimum absolute atomic E-state index is 0.108. The van der Waals surface area contributed by atoms with E-state index >= 15 is 0 Å². The first-order chi connectivity index (χ1) is 12.2. The van der Waals surface area contributed by atoms with Gasteiger partial charge >= 0.3 is 0 Å². The van der Waals surface area contributed by atoms with Crippen molar-refractivity contribution in [1.29, 1.82) is 0 Å². The summed E-state index contributed by atoms with van der Waals surface area (Å²) in [6, 6.07) is 9.62. The number of carbonyl (C=O) groups is 1. The summed E-state index contributed by atoms with van der Waals surface area (Å²) in [6.07, 6.45) is 1.19. The van der Waals surface area contributed by atoms with Crippen LogP contribution in [-0.2, 0) is 4.79 Å². The Labute approximate surface area is 146 Å². The van der Waals surface area contributed by atoms with E-state index in [1.165, 1.54) is 0 Å². The van der Waals surface area contributed by atoms with Gasteiger partial charge < -0.3 is 19.7 Å². The average molecular weight is 342 g/mol. The maximum absolute atomic E-state index is 12.5. The smallest absolute Gasteiger partial charge is 0.264 e. The molecule has 1 aromatic heterocycles. The predicted octanol–water partition coefficient (Wildman–Crippen LogP) is 1.64. The number of aryl methyl sites for hydroxylation is 1. The van der Waals surface area contributed by atoms with Crippen molar-refractivity contribution in [3.8, 4) is 11.5 Å². The van der Waals surface area contributed by atoms with Crippen LogP contribution in [0.1, 0.15) is 18.5 Å². The molecule has 0 saturated carbocycles. The molecule has 2 aromatic rings.